The van der Waals surface area contributed by atoms with Gasteiger partial charge in [-0.2, -0.15) is 5.10 Å². The van der Waals surface area contributed by atoms with Gasteiger partial charge in [0.25, 0.3) is 6.43 Å². The van der Waals surface area contributed by atoms with Crippen molar-refractivity contribution in [2.45, 2.75) is 89.5 Å². The van der Waals surface area contributed by atoms with E-state index in [1.165, 1.54) is 11.0 Å². The Hall–Kier alpha value is -1.73. The van der Waals surface area contributed by atoms with E-state index in [0.29, 0.717) is 6.61 Å². The molecule has 2 aromatic rings. The molecular weight excluding hydrogens is 440 g/mol. The van der Waals surface area contributed by atoms with Crippen LogP contribution < -0.4 is 5.73 Å². The predicted octanol–water partition coefficient (Wildman–Crippen LogP) is 3.79. The van der Waals surface area contributed by atoms with Gasteiger partial charge in [0.2, 0.25) is 0 Å². The fourth-order valence-electron chi connectivity index (χ4n) is 3.85. The summed E-state index contributed by atoms with van der Waals surface area (Å²) in [5, 5.41) is 4.15. The van der Waals surface area contributed by atoms with Gasteiger partial charge in [-0.3, -0.25) is 0 Å². The Labute approximate surface area is 186 Å². The summed E-state index contributed by atoms with van der Waals surface area (Å²) in [7, 11) is -2.05. The van der Waals surface area contributed by atoms with Crippen molar-refractivity contribution in [3.63, 3.8) is 0 Å². The van der Waals surface area contributed by atoms with Gasteiger partial charge in [0, 0.05) is 0 Å². The zero-order valence-electron chi connectivity index (χ0n) is 19.4. The first-order chi connectivity index (χ1) is 14.7. The highest BCUT2D eigenvalue weighted by Crippen LogP contribution is 2.45. The van der Waals surface area contributed by atoms with Crippen molar-refractivity contribution < 1.29 is 27.4 Å². The predicted molar refractivity (Wildman–Crippen MR) is 116 cm³/mol. The number of nitrogen functional groups attached to an aromatic ring is 1. The lowest BCUT2D eigenvalue weighted by molar-refractivity contribution is -0.200. The summed E-state index contributed by atoms with van der Waals surface area (Å²) in [4.78, 5) is 8.00. The molecule has 2 aliphatic heterocycles. The fourth-order valence-corrected chi connectivity index (χ4v) is 4.86. The Bertz CT molecular complexity index is 1010. The molecule has 12 heteroatoms. The van der Waals surface area contributed by atoms with Crippen molar-refractivity contribution in [2.75, 3.05) is 12.3 Å². The van der Waals surface area contributed by atoms with E-state index in [1.54, 1.807) is 13.8 Å². The minimum Gasteiger partial charge on any atom is -0.414 e. The molecule has 0 amide bonds. The molecule has 178 valence electrons. The SMILES string of the molecule is CC1(C)O[C@@H]2[C@H](O1)[C@H](CO[Si](C)(C)C(C)(C)C)O[C@H]2n1nc(C(F)F)c2c(N)ncnc21. The van der Waals surface area contributed by atoms with Crippen LogP contribution >= 0.6 is 0 Å². The summed E-state index contributed by atoms with van der Waals surface area (Å²) in [6, 6.07) is 0. The van der Waals surface area contributed by atoms with E-state index in [2.05, 4.69) is 48.9 Å². The van der Waals surface area contributed by atoms with Gasteiger partial charge in [0.05, 0.1) is 12.0 Å². The standard InChI is InChI=1S/C20H31F2N5O4Si/c1-19(2,3)32(6,7)28-8-10-13-14(31-20(4,5)30-13)18(29-10)27-17-11(12(26-27)15(21)22)16(23)24-9-25-17/h9-10,13-15,18H,8H2,1-7H3,(H2,23,24,25)/t10-,13+,14+,18+/m0/s1. The monoisotopic (exact) mass is 471 g/mol. The fraction of sp³-hybridized carbons (Fsp3) is 0.750. The third-order valence-electron chi connectivity index (χ3n) is 6.53. The number of rotatable bonds is 5. The summed E-state index contributed by atoms with van der Waals surface area (Å²) in [5.41, 5.74) is 5.54. The largest absolute Gasteiger partial charge is 0.414 e. The van der Waals surface area contributed by atoms with Crippen LogP contribution in [0.2, 0.25) is 18.1 Å². The van der Waals surface area contributed by atoms with Gasteiger partial charge in [0.1, 0.15) is 36.2 Å². The van der Waals surface area contributed by atoms with Crippen LogP contribution in [0.25, 0.3) is 11.0 Å². The second-order valence-electron chi connectivity index (χ2n) is 10.3. The molecule has 0 unspecified atom stereocenters. The summed E-state index contributed by atoms with van der Waals surface area (Å²) in [5.74, 6) is -0.928. The molecule has 2 aromatic heterocycles. The Morgan fingerprint density at radius 3 is 2.50 bits per heavy atom. The smallest absolute Gasteiger partial charge is 0.282 e. The molecule has 0 saturated carbocycles. The maximum atomic E-state index is 13.7. The van der Waals surface area contributed by atoms with E-state index in [9.17, 15) is 8.78 Å². The molecule has 2 N–H and O–H groups in total. The minimum atomic E-state index is -2.85. The molecule has 0 bridgehead atoms. The van der Waals surface area contributed by atoms with Crippen LogP contribution in [0, 0.1) is 0 Å². The number of anilines is 1. The second-order valence-corrected chi connectivity index (χ2v) is 15.1. The van der Waals surface area contributed by atoms with Crippen molar-refractivity contribution in [1.29, 1.82) is 0 Å². The molecule has 0 aromatic carbocycles. The number of hydrogen-bond acceptors (Lipinski definition) is 8. The van der Waals surface area contributed by atoms with Gasteiger partial charge in [-0.15, -0.1) is 0 Å². The molecule has 2 fully saturated rings. The first-order valence-corrected chi connectivity index (χ1v) is 13.5. The molecule has 9 nitrogen and oxygen atoms in total. The van der Waals surface area contributed by atoms with Crippen LogP contribution in [0.4, 0.5) is 14.6 Å². The van der Waals surface area contributed by atoms with E-state index in [4.69, 9.17) is 24.4 Å². The van der Waals surface area contributed by atoms with Crippen LogP contribution in [0.5, 0.6) is 0 Å². The second kappa shape index (κ2) is 7.66. The van der Waals surface area contributed by atoms with Gasteiger partial charge in [-0.25, -0.2) is 23.4 Å². The summed E-state index contributed by atoms with van der Waals surface area (Å²) >= 11 is 0. The Kier molecular flexibility index (Phi) is 5.60. The van der Waals surface area contributed by atoms with Gasteiger partial charge >= 0.3 is 0 Å². The summed E-state index contributed by atoms with van der Waals surface area (Å²) < 4.78 is 53.6. The van der Waals surface area contributed by atoms with Crippen molar-refractivity contribution >= 4 is 25.2 Å². The highest BCUT2D eigenvalue weighted by atomic mass is 28.4. The number of alkyl halides is 2. The van der Waals surface area contributed by atoms with Gasteiger partial charge < -0.3 is 24.4 Å². The van der Waals surface area contributed by atoms with Crippen molar-refractivity contribution in [2.24, 2.45) is 0 Å². The van der Waals surface area contributed by atoms with Crippen LogP contribution in [0.1, 0.15) is 53.0 Å². The Morgan fingerprint density at radius 1 is 1.22 bits per heavy atom. The third kappa shape index (κ3) is 3.92. The molecule has 0 spiro atoms. The molecule has 4 heterocycles. The molecule has 4 rings (SSSR count). The average Bonchev–Trinajstić information content (AvgIpc) is 3.28. The van der Waals surface area contributed by atoms with Gasteiger partial charge in [0.15, 0.2) is 26.0 Å². The lowest BCUT2D eigenvalue weighted by atomic mass is 10.1. The molecule has 2 aliphatic rings. The molecule has 0 radical (unpaired) electrons. The molecule has 0 aliphatic carbocycles. The van der Waals surface area contributed by atoms with Crippen molar-refractivity contribution in [1.82, 2.24) is 19.7 Å². The Morgan fingerprint density at radius 2 is 1.88 bits per heavy atom. The molecular formula is C20H31F2N5O4Si. The van der Waals surface area contributed by atoms with Gasteiger partial charge in [-0.1, -0.05) is 20.8 Å². The zero-order valence-corrected chi connectivity index (χ0v) is 20.4. The first kappa shape index (κ1) is 23.4. The quantitative estimate of drug-likeness (QED) is 0.657. The highest BCUT2D eigenvalue weighted by Gasteiger charge is 2.57. The van der Waals surface area contributed by atoms with E-state index in [1.807, 2.05) is 0 Å². The zero-order chi connectivity index (χ0) is 23.6. The number of nitrogens with two attached hydrogens (primary N) is 1. The lowest BCUT2D eigenvalue weighted by Gasteiger charge is -2.37. The lowest BCUT2D eigenvalue weighted by Crippen LogP contribution is -2.44. The maximum absolute atomic E-state index is 13.7. The average molecular weight is 472 g/mol. The first-order valence-electron chi connectivity index (χ1n) is 10.6. The van der Waals surface area contributed by atoms with E-state index >= 15 is 0 Å². The number of halogens is 2. The molecule has 4 atom stereocenters. The topological polar surface area (TPSA) is 107 Å². The number of ether oxygens (including phenoxy) is 3. The van der Waals surface area contributed by atoms with E-state index in [0.717, 1.165) is 0 Å². The van der Waals surface area contributed by atoms with E-state index in [-0.39, 0.29) is 21.9 Å². The maximum Gasteiger partial charge on any atom is 0.282 e. The van der Waals surface area contributed by atoms with Crippen LogP contribution in [-0.4, -0.2) is 58.8 Å². The molecule has 32 heavy (non-hydrogen) atoms. The Balaban J connectivity index is 1.69. The van der Waals surface area contributed by atoms with Gasteiger partial charge in [-0.05, 0) is 32.0 Å². The van der Waals surface area contributed by atoms with Crippen LogP contribution in [-0.2, 0) is 18.6 Å². The number of hydrogen-bond donors (Lipinski definition) is 1. The van der Waals surface area contributed by atoms with Crippen LogP contribution in [0.15, 0.2) is 6.33 Å². The van der Waals surface area contributed by atoms with Crippen LogP contribution in [0.3, 0.4) is 0 Å². The van der Waals surface area contributed by atoms with Crippen molar-refractivity contribution in [3.05, 3.63) is 12.0 Å². The third-order valence-corrected chi connectivity index (χ3v) is 11.0. The normalized spacial score (nSPS) is 28.1. The number of nitrogens with zero attached hydrogens (tertiary/aromatic N) is 4. The summed E-state index contributed by atoms with van der Waals surface area (Å²) in [6.45, 7) is 14.7. The highest BCUT2D eigenvalue weighted by molar-refractivity contribution is 6.74. The molecule has 2 saturated heterocycles. The number of fused-ring (bicyclic) bond motifs is 2. The van der Waals surface area contributed by atoms with Crippen molar-refractivity contribution in [3.8, 4) is 0 Å². The van der Waals surface area contributed by atoms with E-state index < -0.39 is 50.8 Å². The minimum absolute atomic E-state index is 0.0156. The summed E-state index contributed by atoms with van der Waals surface area (Å²) in [6.07, 6.45) is -3.96. The number of aromatic nitrogens is 4.